The van der Waals surface area contributed by atoms with Crippen molar-refractivity contribution in [1.82, 2.24) is 4.90 Å². The number of hydrogen-bond donors (Lipinski definition) is 0. The molecular formula is C17H25NO2. The van der Waals surface area contributed by atoms with Gasteiger partial charge in [0.05, 0.1) is 7.11 Å². The number of hydrogen-bond acceptors (Lipinski definition) is 2. The van der Waals surface area contributed by atoms with Crippen LogP contribution < -0.4 is 4.74 Å². The Hall–Kier alpha value is -1.51. The van der Waals surface area contributed by atoms with Gasteiger partial charge in [-0.05, 0) is 37.5 Å². The fourth-order valence-electron chi connectivity index (χ4n) is 2.97. The van der Waals surface area contributed by atoms with Crippen molar-refractivity contribution in [3.05, 3.63) is 29.3 Å². The van der Waals surface area contributed by atoms with Crippen LogP contribution in [-0.4, -0.2) is 31.0 Å². The van der Waals surface area contributed by atoms with E-state index in [9.17, 15) is 4.79 Å². The predicted octanol–water partition coefficient (Wildman–Crippen LogP) is 3.80. The quantitative estimate of drug-likeness (QED) is 0.785. The van der Waals surface area contributed by atoms with Gasteiger partial charge in [0.25, 0.3) is 5.91 Å². The van der Waals surface area contributed by atoms with Crippen LogP contribution in [0.5, 0.6) is 5.75 Å². The summed E-state index contributed by atoms with van der Waals surface area (Å²) in [5.41, 5.74) is 1.78. The Labute approximate surface area is 121 Å². The molecule has 0 bridgehead atoms. The van der Waals surface area contributed by atoms with E-state index in [-0.39, 0.29) is 5.91 Å². The van der Waals surface area contributed by atoms with Gasteiger partial charge < -0.3 is 9.64 Å². The number of amides is 1. The molecule has 0 heterocycles. The van der Waals surface area contributed by atoms with Crippen LogP contribution in [0.1, 0.15) is 54.4 Å². The fourth-order valence-corrected chi connectivity index (χ4v) is 2.97. The van der Waals surface area contributed by atoms with Crippen LogP contribution in [0, 0.1) is 6.92 Å². The Morgan fingerprint density at radius 2 is 1.85 bits per heavy atom. The Bertz CT molecular complexity index is 462. The third-order valence-electron chi connectivity index (χ3n) is 4.35. The highest BCUT2D eigenvalue weighted by molar-refractivity contribution is 5.94. The topological polar surface area (TPSA) is 29.5 Å². The van der Waals surface area contributed by atoms with Crippen molar-refractivity contribution >= 4 is 5.91 Å². The Kier molecular flexibility index (Phi) is 5.05. The van der Waals surface area contributed by atoms with Gasteiger partial charge in [0.1, 0.15) is 5.75 Å². The van der Waals surface area contributed by atoms with Gasteiger partial charge in [-0.1, -0.05) is 31.7 Å². The van der Waals surface area contributed by atoms with E-state index in [0.29, 0.717) is 6.04 Å². The lowest BCUT2D eigenvalue weighted by molar-refractivity contribution is 0.0717. The number of aryl methyl sites for hydroxylation is 1. The number of ether oxygens (including phenoxy) is 1. The Morgan fingerprint density at radius 3 is 2.45 bits per heavy atom. The molecule has 1 aliphatic carbocycles. The zero-order chi connectivity index (χ0) is 14.5. The van der Waals surface area contributed by atoms with Gasteiger partial charge >= 0.3 is 0 Å². The molecule has 2 rings (SSSR count). The van der Waals surface area contributed by atoms with Gasteiger partial charge in [0.15, 0.2) is 0 Å². The van der Waals surface area contributed by atoms with E-state index in [1.807, 2.05) is 37.1 Å². The minimum Gasteiger partial charge on any atom is -0.496 e. The summed E-state index contributed by atoms with van der Waals surface area (Å²) >= 11 is 0. The monoisotopic (exact) mass is 275 g/mol. The molecule has 0 spiro atoms. The largest absolute Gasteiger partial charge is 0.496 e. The van der Waals surface area contributed by atoms with Crippen molar-refractivity contribution in [2.24, 2.45) is 0 Å². The first-order valence-electron chi connectivity index (χ1n) is 7.55. The summed E-state index contributed by atoms with van der Waals surface area (Å²) < 4.78 is 5.31. The minimum atomic E-state index is 0.107. The second kappa shape index (κ2) is 6.78. The highest BCUT2D eigenvalue weighted by Gasteiger charge is 2.22. The molecule has 1 aromatic carbocycles. The second-order valence-corrected chi connectivity index (χ2v) is 5.75. The minimum absolute atomic E-state index is 0.107. The maximum Gasteiger partial charge on any atom is 0.253 e. The second-order valence-electron chi connectivity index (χ2n) is 5.75. The van der Waals surface area contributed by atoms with Crippen molar-refractivity contribution in [3.63, 3.8) is 0 Å². The first-order valence-corrected chi connectivity index (χ1v) is 7.55. The zero-order valence-corrected chi connectivity index (χ0v) is 12.8. The van der Waals surface area contributed by atoms with Crippen LogP contribution in [0.25, 0.3) is 0 Å². The predicted molar refractivity (Wildman–Crippen MR) is 81.3 cm³/mol. The van der Waals surface area contributed by atoms with Gasteiger partial charge in [-0.2, -0.15) is 0 Å². The average Bonchev–Trinajstić information content (AvgIpc) is 2.75. The Morgan fingerprint density at radius 1 is 1.20 bits per heavy atom. The summed E-state index contributed by atoms with van der Waals surface area (Å²) in [5.74, 6) is 0.889. The highest BCUT2D eigenvalue weighted by Crippen LogP contribution is 2.24. The van der Waals surface area contributed by atoms with E-state index in [4.69, 9.17) is 4.74 Å². The molecule has 0 aromatic heterocycles. The normalized spacial score (nSPS) is 16.6. The van der Waals surface area contributed by atoms with Gasteiger partial charge in [-0.15, -0.1) is 0 Å². The molecule has 0 unspecified atom stereocenters. The average molecular weight is 275 g/mol. The smallest absolute Gasteiger partial charge is 0.253 e. The van der Waals surface area contributed by atoms with Crippen LogP contribution in [0.4, 0.5) is 0 Å². The van der Waals surface area contributed by atoms with Gasteiger partial charge in [-0.25, -0.2) is 0 Å². The van der Waals surface area contributed by atoms with Crippen LogP contribution in [0.15, 0.2) is 18.2 Å². The molecule has 0 N–H and O–H groups in total. The summed E-state index contributed by atoms with van der Waals surface area (Å²) in [5, 5.41) is 0. The van der Waals surface area contributed by atoms with Crippen molar-refractivity contribution in [1.29, 1.82) is 0 Å². The first-order chi connectivity index (χ1) is 9.63. The highest BCUT2D eigenvalue weighted by atomic mass is 16.5. The summed E-state index contributed by atoms with van der Waals surface area (Å²) in [6.07, 6.45) is 7.34. The molecule has 3 heteroatoms. The lowest BCUT2D eigenvalue weighted by Gasteiger charge is -2.27. The lowest BCUT2D eigenvalue weighted by Crippen LogP contribution is -2.36. The Balaban J connectivity index is 2.13. The summed E-state index contributed by atoms with van der Waals surface area (Å²) in [7, 11) is 3.58. The molecule has 1 aromatic rings. The number of carbonyl (C=O) groups is 1. The van der Waals surface area contributed by atoms with E-state index in [1.165, 1.54) is 25.7 Å². The number of benzene rings is 1. The fraction of sp³-hybridized carbons (Fsp3) is 0.588. The molecule has 0 aliphatic heterocycles. The maximum absolute atomic E-state index is 12.6. The third-order valence-corrected chi connectivity index (χ3v) is 4.35. The molecule has 20 heavy (non-hydrogen) atoms. The summed E-state index contributed by atoms with van der Waals surface area (Å²) in [6, 6.07) is 6.09. The molecule has 0 atom stereocenters. The lowest BCUT2D eigenvalue weighted by atomic mass is 10.1. The molecular weight excluding hydrogens is 250 g/mol. The van der Waals surface area contributed by atoms with E-state index in [2.05, 4.69) is 0 Å². The molecule has 1 saturated carbocycles. The molecule has 0 radical (unpaired) electrons. The number of methoxy groups -OCH3 is 1. The van der Waals surface area contributed by atoms with Crippen LogP contribution in [0.3, 0.4) is 0 Å². The van der Waals surface area contributed by atoms with E-state index in [1.54, 1.807) is 7.11 Å². The molecule has 0 saturated heterocycles. The van der Waals surface area contributed by atoms with Crippen molar-refractivity contribution in [3.8, 4) is 5.75 Å². The third kappa shape index (κ3) is 3.33. The van der Waals surface area contributed by atoms with Crippen molar-refractivity contribution in [2.75, 3.05) is 14.2 Å². The van der Waals surface area contributed by atoms with Crippen molar-refractivity contribution in [2.45, 2.75) is 51.5 Å². The van der Waals surface area contributed by atoms with Crippen LogP contribution in [0.2, 0.25) is 0 Å². The van der Waals surface area contributed by atoms with Crippen LogP contribution in [-0.2, 0) is 0 Å². The zero-order valence-electron chi connectivity index (χ0n) is 12.8. The summed E-state index contributed by atoms with van der Waals surface area (Å²) in [4.78, 5) is 14.5. The summed E-state index contributed by atoms with van der Waals surface area (Å²) in [6.45, 7) is 1.99. The van der Waals surface area contributed by atoms with Gasteiger partial charge in [-0.3, -0.25) is 4.79 Å². The maximum atomic E-state index is 12.6. The first kappa shape index (κ1) is 14.9. The van der Waals surface area contributed by atoms with Crippen LogP contribution >= 0.6 is 0 Å². The standard InChI is InChI=1S/C17H25NO2/c1-13-10-11-14(12-16(13)20-3)17(19)18(2)15-8-6-4-5-7-9-15/h10-12,15H,4-9H2,1-3H3. The van der Waals surface area contributed by atoms with E-state index < -0.39 is 0 Å². The molecule has 1 fully saturated rings. The number of rotatable bonds is 3. The number of nitrogens with zero attached hydrogens (tertiary/aromatic N) is 1. The van der Waals surface area contributed by atoms with Crippen molar-refractivity contribution < 1.29 is 9.53 Å². The van der Waals surface area contributed by atoms with E-state index in [0.717, 1.165) is 29.7 Å². The molecule has 3 nitrogen and oxygen atoms in total. The molecule has 110 valence electrons. The van der Waals surface area contributed by atoms with Gasteiger partial charge in [0, 0.05) is 18.7 Å². The SMILES string of the molecule is COc1cc(C(=O)N(C)C2CCCCCC2)ccc1C. The van der Waals surface area contributed by atoms with Gasteiger partial charge in [0.2, 0.25) is 0 Å². The number of carbonyl (C=O) groups excluding carboxylic acids is 1. The molecule has 1 amide bonds. The van der Waals surface area contributed by atoms with E-state index >= 15 is 0 Å². The molecule has 1 aliphatic rings.